The van der Waals surface area contributed by atoms with Gasteiger partial charge in [-0.25, -0.2) is 0 Å². The van der Waals surface area contributed by atoms with Crippen LogP contribution in [0.2, 0.25) is 0 Å². The Morgan fingerprint density at radius 1 is 1.46 bits per heavy atom. The fourth-order valence-corrected chi connectivity index (χ4v) is 1.21. The van der Waals surface area contributed by atoms with Crippen LogP contribution in [0.15, 0.2) is 33.6 Å². The molecule has 0 aromatic carbocycles. The highest BCUT2D eigenvalue weighted by atomic mass is 16.5. The predicted molar refractivity (Wildman–Crippen MR) is 47.0 cm³/mol. The summed E-state index contributed by atoms with van der Waals surface area (Å²) in [7, 11) is 0. The van der Waals surface area contributed by atoms with Crippen molar-refractivity contribution in [2.45, 2.75) is 6.42 Å². The second-order valence-electron chi connectivity index (χ2n) is 2.70. The molecule has 0 atom stereocenters. The molecule has 0 radical (unpaired) electrons. The minimum atomic E-state index is 0.578. The number of rotatable bonds is 3. The minimum absolute atomic E-state index is 0.578. The summed E-state index contributed by atoms with van der Waals surface area (Å²) in [6, 6.07) is 3.66. The molecule has 0 fully saturated rings. The molecule has 2 rings (SSSR count). The van der Waals surface area contributed by atoms with Gasteiger partial charge in [0.1, 0.15) is 6.26 Å². The Balaban J connectivity index is 2.35. The molecule has 2 aromatic heterocycles. The van der Waals surface area contributed by atoms with Gasteiger partial charge >= 0.3 is 0 Å². The van der Waals surface area contributed by atoms with Crippen molar-refractivity contribution in [3.05, 3.63) is 30.2 Å². The number of aromatic nitrogens is 1. The van der Waals surface area contributed by atoms with E-state index in [1.807, 2.05) is 12.1 Å². The van der Waals surface area contributed by atoms with E-state index in [1.54, 1.807) is 12.5 Å². The predicted octanol–water partition coefficient (Wildman–Crippen LogP) is 1.44. The van der Waals surface area contributed by atoms with Crippen LogP contribution in [0.5, 0.6) is 0 Å². The standard InChI is InChI=1S/C9H10N2O2/c10-4-3-7-6-13-11-9(7)8-2-1-5-12-8/h1-2,5-6H,3-4,10H2. The fourth-order valence-electron chi connectivity index (χ4n) is 1.21. The van der Waals surface area contributed by atoms with E-state index < -0.39 is 0 Å². The van der Waals surface area contributed by atoms with Crippen molar-refractivity contribution in [3.8, 4) is 11.5 Å². The van der Waals surface area contributed by atoms with Gasteiger partial charge in [0.05, 0.1) is 6.26 Å². The first kappa shape index (κ1) is 8.07. The first-order chi connectivity index (χ1) is 6.42. The van der Waals surface area contributed by atoms with Crippen molar-refractivity contribution in [2.75, 3.05) is 6.54 Å². The third-order valence-electron chi connectivity index (χ3n) is 1.81. The van der Waals surface area contributed by atoms with E-state index >= 15 is 0 Å². The molecule has 0 amide bonds. The van der Waals surface area contributed by atoms with Crippen LogP contribution in [-0.4, -0.2) is 11.7 Å². The van der Waals surface area contributed by atoms with Gasteiger partial charge in [-0.2, -0.15) is 0 Å². The molecule has 2 N–H and O–H groups in total. The monoisotopic (exact) mass is 178 g/mol. The van der Waals surface area contributed by atoms with Crippen molar-refractivity contribution in [1.82, 2.24) is 5.16 Å². The Hall–Kier alpha value is -1.55. The summed E-state index contributed by atoms with van der Waals surface area (Å²) in [6.07, 6.45) is 3.96. The molecule has 0 aliphatic rings. The molecular formula is C9H10N2O2. The second kappa shape index (κ2) is 3.45. The molecule has 0 saturated heterocycles. The lowest BCUT2D eigenvalue weighted by Gasteiger charge is -1.93. The van der Waals surface area contributed by atoms with Crippen LogP contribution < -0.4 is 5.73 Å². The van der Waals surface area contributed by atoms with E-state index in [2.05, 4.69) is 5.16 Å². The van der Waals surface area contributed by atoms with Gasteiger partial charge < -0.3 is 14.7 Å². The summed E-state index contributed by atoms with van der Waals surface area (Å²) in [5.41, 5.74) is 7.17. The lowest BCUT2D eigenvalue weighted by Crippen LogP contribution is -2.02. The summed E-state index contributed by atoms with van der Waals surface area (Å²) in [5, 5.41) is 3.85. The van der Waals surface area contributed by atoms with E-state index in [-0.39, 0.29) is 0 Å². The van der Waals surface area contributed by atoms with E-state index in [9.17, 15) is 0 Å². The van der Waals surface area contributed by atoms with Gasteiger partial charge in [0.2, 0.25) is 0 Å². The first-order valence-corrected chi connectivity index (χ1v) is 4.09. The van der Waals surface area contributed by atoms with Crippen LogP contribution in [0, 0.1) is 0 Å². The van der Waals surface area contributed by atoms with Crippen molar-refractivity contribution in [1.29, 1.82) is 0 Å². The van der Waals surface area contributed by atoms with Gasteiger partial charge in [-0.1, -0.05) is 5.16 Å². The van der Waals surface area contributed by atoms with Crippen molar-refractivity contribution in [2.24, 2.45) is 5.73 Å². The van der Waals surface area contributed by atoms with Crippen LogP contribution >= 0.6 is 0 Å². The van der Waals surface area contributed by atoms with Crippen molar-refractivity contribution < 1.29 is 8.94 Å². The zero-order valence-corrected chi connectivity index (χ0v) is 7.06. The maximum absolute atomic E-state index is 5.44. The maximum Gasteiger partial charge on any atom is 0.156 e. The molecule has 0 saturated carbocycles. The Morgan fingerprint density at radius 3 is 3.08 bits per heavy atom. The summed E-state index contributed by atoms with van der Waals surface area (Å²) >= 11 is 0. The van der Waals surface area contributed by atoms with Gasteiger partial charge in [0, 0.05) is 5.56 Å². The highest BCUT2D eigenvalue weighted by Crippen LogP contribution is 2.22. The van der Waals surface area contributed by atoms with E-state index in [1.165, 1.54) is 0 Å². The SMILES string of the molecule is NCCc1conc1-c1ccco1. The topological polar surface area (TPSA) is 65.2 Å². The van der Waals surface area contributed by atoms with Crippen molar-refractivity contribution in [3.63, 3.8) is 0 Å². The lowest BCUT2D eigenvalue weighted by atomic mass is 10.1. The second-order valence-corrected chi connectivity index (χ2v) is 2.70. The van der Waals surface area contributed by atoms with Crippen LogP contribution in [0.1, 0.15) is 5.56 Å². The van der Waals surface area contributed by atoms with E-state index in [4.69, 9.17) is 14.7 Å². The molecule has 0 spiro atoms. The first-order valence-electron chi connectivity index (χ1n) is 4.09. The summed E-state index contributed by atoms with van der Waals surface area (Å²) in [5.74, 6) is 0.720. The zero-order valence-electron chi connectivity index (χ0n) is 7.06. The maximum atomic E-state index is 5.44. The van der Waals surface area contributed by atoms with Crippen LogP contribution in [0.25, 0.3) is 11.5 Å². The molecule has 0 unspecified atom stereocenters. The van der Waals surface area contributed by atoms with Crippen LogP contribution in [0.4, 0.5) is 0 Å². The molecule has 4 heteroatoms. The Kier molecular flexibility index (Phi) is 2.14. The van der Waals surface area contributed by atoms with Gasteiger partial charge in [0.25, 0.3) is 0 Å². The fraction of sp³-hybridized carbons (Fsp3) is 0.222. The highest BCUT2D eigenvalue weighted by Gasteiger charge is 2.11. The Labute approximate surface area is 75.3 Å². The van der Waals surface area contributed by atoms with Crippen molar-refractivity contribution >= 4 is 0 Å². The molecule has 2 aromatic rings. The third-order valence-corrected chi connectivity index (χ3v) is 1.81. The summed E-state index contributed by atoms with van der Waals surface area (Å²) < 4.78 is 10.1. The number of hydrogen-bond donors (Lipinski definition) is 1. The molecule has 2 heterocycles. The average Bonchev–Trinajstić information content (AvgIpc) is 2.71. The molecule has 13 heavy (non-hydrogen) atoms. The number of nitrogens with two attached hydrogens (primary N) is 1. The average molecular weight is 178 g/mol. The summed E-state index contributed by atoms with van der Waals surface area (Å²) in [6.45, 7) is 0.578. The Bertz CT molecular complexity index is 365. The molecule has 4 nitrogen and oxygen atoms in total. The molecule has 0 aliphatic carbocycles. The largest absolute Gasteiger partial charge is 0.463 e. The molecular weight excluding hydrogens is 168 g/mol. The van der Waals surface area contributed by atoms with Gasteiger partial charge in [-0.05, 0) is 25.1 Å². The van der Waals surface area contributed by atoms with Gasteiger partial charge in [0.15, 0.2) is 11.5 Å². The van der Waals surface area contributed by atoms with Gasteiger partial charge in [-0.3, -0.25) is 0 Å². The van der Waals surface area contributed by atoms with E-state index in [0.717, 1.165) is 23.4 Å². The molecule has 0 bridgehead atoms. The minimum Gasteiger partial charge on any atom is -0.463 e. The quantitative estimate of drug-likeness (QED) is 0.772. The van der Waals surface area contributed by atoms with Crippen LogP contribution in [0.3, 0.4) is 0 Å². The summed E-state index contributed by atoms with van der Waals surface area (Å²) in [4.78, 5) is 0. The van der Waals surface area contributed by atoms with Crippen LogP contribution in [-0.2, 0) is 6.42 Å². The zero-order chi connectivity index (χ0) is 9.10. The van der Waals surface area contributed by atoms with Gasteiger partial charge in [-0.15, -0.1) is 0 Å². The smallest absolute Gasteiger partial charge is 0.156 e. The lowest BCUT2D eigenvalue weighted by molar-refractivity contribution is 0.418. The third kappa shape index (κ3) is 1.48. The number of nitrogens with zero attached hydrogens (tertiary/aromatic N) is 1. The normalized spacial score (nSPS) is 10.5. The number of hydrogen-bond acceptors (Lipinski definition) is 4. The Morgan fingerprint density at radius 2 is 2.38 bits per heavy atom. The molecule has 0 aliphatic heterocycles. The highest BCUT2D eigenvalue weighted by molar-refractivity contribution is 5.55. The molecule has 68 valence electrons. The number of furan rings is 1. The van der Waals surface area contributed by atoms with E-state index in [0.29, 0.717) is 6.54 Å².